The van der Waals surface area contributed by atoms with Crippen LogP contribution in [0, 0.1) is 0 Å². The van der Waals surface area contributed by atoms with Crippen molar-refractivity contribution in [3.05, 3.63) is 106 Å². The largest absolute Gasteiger partial charge is 0.449 e. The Bertz CT molecular complexity index is 974. The molecule has 1 heterocycles. The molecule has 6 nitrogen and oxygen atoms in total. The molecule has 3 rings (SSSR count). The Morgan fingerprint density at radius 1 is 0.897 bits per heavy atom. The molecule has 0 unspecified atom stereocenters. The van der Waals surface area contributed by atoms with Gasteiger partial charge in [-0.1, -0.05) is 60.7 Å². The van der Waals surface area contributed by atoms with E-state index in [0.717, 1.165) is 11.1 Å². The van der Waals surface area contributed by atoms with Crippen LogP contribution in [0.15, 0.2) is 83.8 Å². The van der Waals surface area contributed by atoms with Crippen molar-refractivity contribution < 1.29 is 14.3 Å². The van der Waals surface area contributed by atoms with Gasteiger partial charge in [-0.15, -0.1) is 0 Å². The lowest BCUT2D eigenvalue weighted by molar-refractivity contribution is -0.141. The number of aromatic nitrogens is 1. The Morgan fingerprint density at radius 3 is 1.97 bits per heavy atom. The highest BCUT2D eigenvalue weighted by molar-refractivity contribution is 5.91. The van der Waals surface area contributed by atoms with E-state index in [9.17, 15) is 14.4 Å². The molecular formula is C23H22N2O4. The van der Waals surface area contributed by atoms with Gasteiger partial charge in [-0.25, -0.2) is 4.79 Å². The first-order valence-electron chi connectivity index (χ1n) is 9.30. The highest BCUT2D eigenvalue weighted by Gasteiger charge is 2.25. The smallest absolute Gasteiger partial charge is 0.344 e. The SMILES string of the molecule is C[C@H](OC(=O)c1ccc[nH]c1=O)C(=O)N(Cc1ccccc1)Cc1ccccc1. The van der Waals surface area contributed by atoms with Crippen LogP contribution in [0.3, 0.4) is 0 Å². The fourth-order valence-corrected chi connectivity index (χ4v) is 2.93. The van der Waals surface area contributed by atoms with Gasteiger partial charge in [0.15, 0.2) is 6.10 Å². The van der Waals surface area contributed by atoms with Crippen molar-refractivity contribution in [2.75, 3.05) is 0 Å². The summed E-state index contributed by atoms with van der Waals surface area (Å²) in [5.74, 6) is -1.16. The summed E-state index contributed by atoms with van der Waals surface area (Å²) in [7, 11) is 0. The summed E-state index contributed by atoms with van der Waals surface area (Å²) in [6.45, 7) is 2.27. The molecule has 0 fully saturated rings. The normalized spacial score (nSPS) is 11.5. The number of carbonyl (C=O) groups excluding carboxylic acids is 2. The van der Waals surface area contributed by atoms with Gasteiger partial charge in [0.05, 0.1) is 0 Å². The molecule has 0 bridgehead atoms. The number of amides is 1. The lowest BCUT2D eigenvalue weighted by Gasteiger charge is -2.26. The van der Waals surface area contributed by atoms with Gasteiger partial charge >= 0.3 is 5.97 Å². The summed E-state index contributed by atoms with van der Waals surface area (Å²) < 4.78 is 5.29. The molecule has 0 aliphatic carbocycles. The summed E-state index contributed by atoms with van der Waals surface area (Å²) in [4.78, 5) is 41.2. The lowest BCUT2D eigenvalue weighted by atomic mass is 10.1. The minimum absolute atomic E-state index is 0.134. The first-order chi connectivity index (χ1) is 14.0. The zero-order valence-electron chi connectivity index (χ0n) is 16.1. The summed E-state index contributed by atoms with van der Waals surface area (Å²) >= 11 is 0. The number of carbonyl (C=O) groups is 2. The number of pyridine rings is 1. The van der Waals surface area contributed by atoms with Crippen LogP contribution in [0.25, 0.3) is 0 Å². The first-order valence-corrected chi connectivity index (χ1v) is 9.30. The van der Waals surface area contributed by atoms with Crippen LogP contribution in [0.2, 0.25) is 0 Å². The fourth-order valence-electron chi connectivity index (χ4n) is 2.93. The second-order valence-corrected chi connectivity index (χ2v) is 6.63. The Balaban J connectivity index is 1.76. The van der Waals surface area contributed by atoms with Crippen molar-refractivity contribution in [2.24, 2.45) is 0 Å². The number of nitrogens with one attached hydrogen (secondary N) is 1. The van der Waals surface area contributed by atoms with Crippen molar-refractivity contribution in [1.29, 1.82) is 0 Å². The second kappa shape index (κ2) is 9.50. The number of ether oxygens (including phenoxy) is 1. The van der Waals surface area contributed by atoms with E-state index in [1.54, 1.807) is 4.90 Å². The molecule has 0 spiro atoms. The van der Waals surface area contributed by atoms with Crippen molar-refractivity contribution in [1.82, 2.24) is 9.88 Å². The number of hydrogen-bond acceptors (Lipinski definition) is 4. The number of esters is 1. The monoisotopic (exact) mass is 390 g/mol. The Labute approximate surface area is 168 Å². The topological polar surface area (TPSA) is 79.5 Å². The minimum atomic E-state index is -1.03. The zero-order chi connectivity index (χ0) is 20.6. The number of benzene rings is 2. The van der Waals surface area contributed by atoms with Gasteiger partial charge in [-0.3, -0.25) is 9.59 Å². The van der Waals surface area contributed by atoms with Crippen molar-refractivity contribution in [3.63, 3.8) is 0 Å². The molecule has 3 aromatic rings. The van der Waals surface area contributed by atoms with E-state index in [0.29, 0.717) is 13.1 Å². The Hall–Kier alpha value is -3.67. The third kappa shape index (κ3) is 5.42. The van der Waals surface area contributed by atoms with Crippen molar-refractivity contribution >= 4 is 11.9 Å². The number of H-pyrrole nitrogens is 1. The minimum Gasteiger partial charge on any atom is -0.449 e. The third-order valence-corrected chi connectivity index (χ3v) is 4.41. The maximum absolute atomic E-state index is 13.1. The number of hydrogen-bond donors (Lipinski definition) is 1. The van der Waals surface area contributed by atoms with Crippen molar-refractivity contribution in [3.8, 4) is 0 Å². The summed E-state index contributed by atoms with van der Waals surface area (Å²) in [6, 6.07) is 22.1. The maximum atomic E-state index is 13.1. The summed E-state index contributed by atoms with van der Waals surface area (Å²) in [5.41, 5.74) is 1.25. The molecule has 0 saturated heterocycles. The van der Waals surface area contributed by atoms with E-state index in [-0.39, 0.29) is 11.5 Å². The van der Waals surface area contributed by atoms with E-state index < -0.39 is 17.6 Å². The molecule has 1 atom stereocenters. The van der Waals surface area contributed by atoms with Crippen LogP contribution >= 0.6 is 0 Å². The molecule has 0 saturated carbocycles. The molecule has 1 aromatic heterocycles. The molecule has 148 valence electrons. The van der Waals surface area contributed by atoms with Crippen LogP contribution < -0.4 is 5.56 Å². The number of nitrogens with zero attached hydrogens (tertiary/aromatic N) is 1. The van der Waals surface area contributed by atoms with E-state index in [1.165, 1.54) is 25.3 Å². The van der Waals surface area contributed by atoms with Crippen LogP contribution in [-0.2, 0) is 22.6 Å². The first kappa shape index (κ1) is 20.1. The molecular weight excluding hydrogens is 368 g/mol. The van der Waals surface area contributed by atoms with Gasteiger partial charge < -0.3 is 14.6 Å². The van der Waals surface area contributed by atoms with Crippen LogP contribution in [0.5, 0.6) is 0 Å². The zero-order valence-corrected chi connectivity index (χ0v) is 16.1. The van der Waals surface area contributed by atoms with Gasteiger partial charge in [0.25, 0.3) is 11.5 Å². The summed E-state index contributed by atoms with van der Waals surface area (Å²) in [6.07, 6.45) is 0.393. The fraction of sp³-hybridized carbons (Fsp3) is 0.174. The van der Waals surface area contributed by atoms with Gasteiger partial charge in [0.1, 0.15) is 5.56 Å². The van der Waals surface area contributed by atoms with E-state index >= 15 is 0 Å². The number of aromatic amines is 1. The predicted molar refractivity (Wildman–Crippen MR) is 109 cm³/mol. The van der Waals surface area contributed by atoms with Crippen LogP contribution in [0.4, 0.5) is 0 Å². The maximum Gasteiger partial charge on any atom is 0.344 e. The van der Waals surface area contributed by atoms with Gasteiger partial charge in [-0.05, 0) is 30.2 Å². The van der Waals surface area contributed by atoms with E-state index in [2.05, 4.69) is 4.98 Å². The average Bonchev–Trinajstić information content (AvgIpc) is 2.74. The van der Waals surface area contributed by atoms with Crippen LogP contribution in [-0.4, -0.2) is 27.9 Å². The highest BCUT2D eigenvalue weighted by atomic mass is 16.5. The molecule has 1 N–H and O–H groups in total. The Kier molecular flexibility index (Phi) is 6.58. The highest BCUT2D eigenvalue weighted by Crippen LogP contribution is 2.13. The van der Waals surface area contributed by atoms with E-state index in [1.807, 2.05) is 60.7 Å². The molecule has 6 heteroatoms. The van der Waals surface area contributed by atoms with E-state index in [4.69, 9.17) is 4.74 Å². The summed E-state index contributed by atoms with van der Waals surface area (Å²) in [5, 5.41) is 0. The number of rotatable bonds is 7. The predicted octanol–water partition coefficient (Wildman–Crippen LogP) is 3.15. The van der Waals surface area contributed by atoms with Crippen LogP contribution in [0.1, 0.15) is 28.4 Å². The second-order valence-electron chi connectivity index (χ2n) is 6.63. The van der Waals surface area contributed by atoms with Crippen molar-refractivity contribution in [2.45, 2.75) is 26.1 Å². The average molecular weight is 390 g/mol. The molecule has 2 aromatic carbocycles. The molecule has 0 aliphatic heterocycles. The third-order valence-electron chi connectivity index (χ3n) is 4.41. The molecule has 0 aliphatic rings. The molecule has 0 radical (unpaired) electrons. The lowest BCUT2D eigenvalue weighted by Crippen LogP contribution is -2.39. The van der Waals surface area contributed by atoms with Gasteiger partial charge in [0.2, 0.25) is 0 Å². The Morgan fingerprint density at radius 2 is 1.45 bits per heavy atom. The standard InChI is InChI=1S/C23H22N2O4/c1-17(29-23(28)20-13-8-14-24-21(20)26)22(27)25(15-18-9-4-2-5-10-18)16-19-11-6-3-7-12-19/h2-14,17H,15-16H2,1H3,(H,24,26)/t17-/m0/s1. The van der Waals surface area contributed by atoms with Gasteiger partial charge in [-0.2, -0.15) is 0 Å². The quantitative estimate of drug-likeness (QED) is 0.629. The van der Waals surface area contributed by atoms with Gasteiger partial charge in [0, 0.05) is 19.3 Å². The molecule has 29 heavy (non-hydrogen) atoms. The molecule has 1 amide bonds.